The average Bonchev–Trinajstić information content (AvgIpc) is 2.38. The van der Waals surface area contributed by atoms with Crippen LogP contribution in [0.2, 0.25) is 0 Å². The number of benzene rings is 1. The Kier molecular flexibility index (Phi) is 6.06. The molecule has 4 heteroatoms. The Morgan fingerprint density at radius 1 is 1.16 bits per heavy atom. The fraction of sp³-hybridized carbons (Fsp3) is 0.467. The van der Waals surface area contributed by atoms with Crippen LogP contribution in [-0.4, -0.2) is 30.8 Å². The Labute approximate surface area is 114 Å². The van der Waals surface area contributed by atoms with Crippen molar-refractivity contribution in [3.05, 3.63) is 29.8 Å². The standard InChI is InChI=1S/C15H22N2O2/c1-4-5-6-14(18)16-13-9-7-12(8-10-13)11-15(19)17(2)3/h7-10H,4-6,11H2,1-3H3,(H,16,18). The van der Waals surface area contributed by atoms with Gasteiger partial charge in [0.25, 0.3) is 0 Å². The normalized spacial score (nSPS) is 10.1. The highest BCUT2D eigenvalue weighted by molar-refractivity contribution is 5.90. The van der Waals surface area contributed by atoms with E-state index in [-0.39, 0.29) is 11.8 Å². The second-order valence-corrected chi connectivity index (χ2v) is 4.81. The highest BCUT2D eigenvalue weighted by atomic mass is 16.2. The van der Waals surface area contributed by atoms with Crippen molar-refractivity contribution in [2.45, 2.75) is 32.6 Å². The number of nitrogens with zero attached hydrogens (tertiary/aromatic N) is 1. The molecule has 0 aliphatic heterocycles. The molecule has 1 aromatic carbocycles. The summed E-state index contributed by atoms with van der Waals surface area (Å²) in [6.45, 7) is 2.06. The molecule has 1 aromatic rings. The molecule has 0 bridgehead atoms. The van der Waals surface area contributed by atoms with Crippen molar-refractivity contribution in [3.8, 4) is 0 Å². The van der Waals surface area contributed by atoms with Crippen molar-refractivity contribution in [1.29, 1.82) is 0 Å². The summed E-state index contributed by atoms with van der Waals surface area (Å²) < 4.78 is 0. The average molecular weight is 262 g/mol. The topological polar surface area (TPSA) is 49.4 Å². The molecule has 0 heterocycles. The molecule has 4 nitrogen and oxygen atoms in total. The van der Waals surface area contributed by atoms with Crippen LogP contribution in [0, 0.1) is 0 Å². The SMILES string of the molecule is CCCCC(=O)Nc1ccc(CC(=O)N(C)C)cc1. The lowest BCUT2D eigenvalue weighted by Crippen LogP contribution is -2.23. The number of carbonyl (C=O) groups is 2. The zero-order valence-corrected chi connectivity index (χ0v) is 11.9. The van der Waals surface area contributed by atoms with Crippen LogP contribution in [0.15, 0.2) is 24.3 Å². The second-order valence-electron chi connectivity index (χ2n) is 4.81. The Morgan fingerprint density at radius 2 is 1.79 bits per heavy atom. The quantitative estimate of drug-likeness (QED) is 0.856. The molecule has 104 valence electrons. The number of anilines is 1. The third-order valence-corrected chi connectivity index (χ3v) is 2.85. The molecule has 0 unspecified atom stereocenters. The number of hydrogen-bond donors (Lipinski definition) is 1. The van der Waals surface area contributed by atoms with E-state index in [9.17, 15) is 9.59 Å². The van der Waals surface area contributed by atoms with E-state index in [2.05, 4.69) is 12.2 Å². The lowest BCUT2D eigenvalue weighted by Gasteiger charge is -2.10. The van der Waals surface area contributed by atoms with Crippen LogP contribution in [0.3, 0.4) is 0 Å². The molecular formula is C15H22N2O2. The summed E-state index contributed by atoms with van der Waals surface area (Å²) in [4.78, 5) is 24.7. The summed E-state index contributed by atoms with van der Waals surface area (Å²) >= 11 is 0. The van der Waals surface area contributed by atoms with Gasteiger partial charge in [-0.1, -0.05) is 25.5 Å². The van der Waals surface area contributed by atoms with E-state index in [0.717, 1.165) is 24.1 Å². The summed E-state index contributed by atoms with van der Waals surface area (Å²) in [6, 6.07) is 7.41. The first-order valence-corrected chi connectivity index (χ1v) is 6.62. The number of unbranched alkanes of at least 4 members (excludes halogenated alkanes) is 1. The van der Waals surface area contributed by atoms with E-state index in [1.54, 1.807) is 19.0 Å². The smallest absolute Gasteiger partial charge is 0.226 e. The van der Waals surface area contributed by atoms with E-state index in [1.807, 2.05) is 24.3 Å². The number of likely N-dealkylation sites (N-methyl/N-ethyl adjacent to an activating group) is 1. The number of carbonyl (C=O) groups excluding carboxylic acids is 2. The van der Waals surface area contributed by atoms with Gasteiger partial charge in [-0.25, -0.2) is 0 Å². The third-order valence-electron chi connectivity index (χ3n) is 2.85. The second kappa shape index (κ2) is 7.56. The van der Waals surface area contributed by atoms with Gasteiger partial charge in [0.15, 0.2) is 0 Å². The van der Waals surface area contributed by atoms with Gasteiger partial charge >= 0.3 is 0 Å². The van der Waals surface area contributed by atoms with E-state index < -0.39 is 0 Å². The van der Waals surface area contributed by atoms with Gasteiger partial charge in [-0.15, -0.1) is 0 Å². The molecule has 0 radical (unpaired) electrons. The molecule has 2 amide bonds. The van der Waals surface area contributed by atoms with Gasteiger partial charge in [0, 0.05) is 26.2 Å². The maximum Gasteiger partial charge on any atom is 0.226 e. The first-order chi connectivity index (χ1) is 9.02. The molecule has 0 aliphatic carbocycles. The summed E-state index contributed by atoms with van der Waals surface area (Å²) in [5.41, 5.74) is 1.73. The van der Waals surface area contributed by atoms with Crippen molar-refractivity contribution in [3.63, 3.8) is 0 Å². The van der Waals surface area contributed by atoms with Crippen LogP contribution >= 0.6 is 0 Å². The van der Waals surface area contributed by atoms with Crippen LogP contribution in [0.4, 0.5) is 5.69 Å². The van der Waals surface area contributed by atoms with Crippen molar-refractivity contribution < 1.29 is 9.59 Å². The molecule has 0 aromatic heterocycles. The zero-order valence-electron chi connectivity index (χ0n) is 11.9. The summed E-state index contributed by atoms with van der Waals surface area (Å²) in [5, 5.41) is 2.85. The number of amides is 2. The van der Waals surface area contributed by atoms with Crippen LogP contribution < -0.4 is 5.32 Å². The summed E-state index contributed by atoms with van der Waals surface area (Å²) in [6.07, 6.45) is 2.86. The van der Waals surface area contributed by atoms with Gasteiger partial charge in [0.1, 0.15) is 0 Å². The van der Waals surface area contributed by atoms with Gasteiger partial charge in [0.05, 0.1) is 6.42 Å². The Morgan fingerprint density at radius 3 is 2.32 bits per heavy atom. The fourth-order valence-electron chi connectivity index (χ4n) is 1.60. The molecule has 1 rings (SSSR count). The predicted molar refractivity (Wildman–Crippen MR) is 77.0 cm³/mol. The van der Waals surface area contributed by atoms with Crippen molar-refractivity contribution >= 4 is 17.5 Å². The molecule has 0 fully saturated rings. The fourth-order valence-corrected chi connectivity index (χ4v) is 1.60. The Balaban J connectivity index is 2.52. The Bertz CT molecular complexity index is 424. The van der Waals surface area contributed by atoms with Crippen LogP contribution in [-0.2, 0) is 16.0 Å². The van der Waals surface area contributed by atoms with Crippen molar-refractivity contribution in [2.24, 2.45) is 0 Å². The molecule has 0 aliphatic rings. The Hall–Kier alpha value is -1.84. The molecular weight excluding hydrogens is 240 g/mol. The number of nitrogens with one attached hydrogen (secondary N) is 1. The predicted octanol–water partition coefficient (Wildman–Crippen LogP) is 2.45. The third kappa shape index (κ3) is 5.55. The van der Waals surface area contributed by atoms with Crippen LogP contribution in [0.5, 0.6) is 0 Å². The molecule has 19 heavy (non-hydrogen) atoms. The minimum absolute atomic E-state index is 0.0407. The van der Waals surface area contributed by atoms with Crippen molar-refractivity contribution in [2.75, 3.05) is 19.4 Å². The number of hydrogen-bond acceptors (Lipinski definition) is 2. The molecule has 0 saturated carbocycles. The first kappa shape index (κ1) is 15.2. The monoisotopic (exact) mass is 262 g/mol. The van der Waals surface area contributed by atoms with Gasteiger partial charge in [-0.05, 0) is 24.1 Å². The minimum atomic E-state index is 0.0407. The largest absolute Gasteiger partial charge is 0.349 e. The molecule has 1 N–H and O–H groups in total. The summed E-state index contributed by atoms with van der Waals surface area (Å²) in [5.74, 6) is 0.110. The highest BCUT2D eigenvalue weighted by Gasteiger charge is 2.06. The van der Waals surface area contributed by atoms with E-state index in [4.69, 9.17) is 0 Å². The van der Waals surface area contributed by atoms with Crippen LogP contribution in [0.1, 0.15) is 31.7 Å². The maximum atomic E-state index is 11.6. The summed E-state index contributed by atoms with van der Waals surface area (Å²) in [7, 11) is 3.48. The van der Waals surface area contributed by atoms with E-state index in [1.165, 1.54) is 0 Å². The molecule has 0 saturated heterocycles. The lowest BCUT2D eigenvalue weighted by molar-refractivity contribution is -0.128. The first-order valence-electron chi connectivity index (χ1n) is 6.62. The zero-order chi connectivity index (χ0) is 14.3. The van der Waals surface area contributed by atoms with Gasteiger partial charge in [-0.2, -0.15) is 0 Å². The molecule has 0 spiro atoms. The number of rotatable bonds is 6. The highest BCUT2D eigenvalue weighted by Crippen LogP contribution is 2.11. The van der Waals surface area contributed by atoms with Crippen LogP contribution in [0.25, 0.3) is 0 Å². The van der Waals surface area contributed by atoms with E-state index >= 15 is 0 Å². The van der Waals surface area contributed by atoms with Crippen molar-refractivity contribution in [1.82, 2.24) is 4.90 Å². The maximum absolute atomic E-state index is 11.6. The lowest BCUT2D eigenvalue weighted by atomic mass is 10.1. The molecule has 0 atom stereocenters. The van der Waals surface area contributed by atoms with Gasteiger partial charge in [0.2, 0.25) is 11.8 Å². The van der Waals surface area contributed by atoms with Gasteiger partial charge < -0.3 is 10.2 Å². The van der Waals surface area contributed by atoms with E-state index in [0.29, 0.717) is 12.8 Å². The van der Waals surface area contributed by atoms with Gasteiger partial charge in [-0.3, -0.25) is 9.59 Å². The minimum Gasteiger partial charge on any atom is -0.349 e.